The number of hydrogen-bond acceptors (Lipinski definition) is 6. The number of nitrogens with zero attached hydrogens (tertiary/aromatic N) is 3. The molecule has 3 heterocycles. The normalized spacial score (nSPS) is 10.7. The highest BCUT2D eigenvalue weighted by Crippen LogP contribution is 2.27. The van der Waals surface area contributed by atoms with Gasteiger partial charge in [0.1, 0.15) is 11.5 Å². The van der Waals surface area contributed by atoms with E-state index in [-0.39, 0.29) is 11.8 Å². The fourth-order valence-electron chi connectivity index (χ4n) is 2.62. The molecule has 146 valence electrons. The minimum atomic E-state index is -0.247. The molecule has 9 heteroatoms. The minimum Gasteiger partial charge on any atom is -0.458 e. The van der Waals surface area contributed by atoms with Gasteiger partial charge in [-0.1, -0.05) is 0 Å². The molecular weight excluding hydrogens is 390 g/mol. The van der Waals surface area contributed by atoms with Gasteiger partial charge in [-0.25, -0.2) is 9.67 Å². The second-order valence-corrected chi connectivity index (χ2v) is 7.02. The molecule has 3 aromatic heterocycles. The molecule has 0 aliphatic heterocycles. The molecule has 0 saturated heterocycles. The molecule has 0 unspecified atom stereocenters. The van der Waals surface area contributed by atoms with Gasteiger partial charge in [0, 0.05) is 30.3 Å². The molecule has 8 nitrogen and oxygen atoms in total. The molecule has 1 aromatic carbocycles. The van der Waals surface area contributed by atoms with Gasteiger partial charge >= 0.3 is 0 Å². The summed E-state index contributed by atoms with van der Waals surface area (Å²) in [5.41, 5.74) is 2.01. The molecule has 0 radical (unpaired) electrons. The average molecular weight is 407 g/mol. The second kappa shape index (κ2) is 8.11. The van der Waals surface area contributed by atoms with E-state index in [1.807, 2.05) is 24.4 Å². The van der Waals surface area contributed by atoms with E-state index in [0.717, 1.165) is 5.69 Å². The van der Waals surface area contributed by atoms with Gasteiger partial charge < -0.3 is 9.73 Å². The molecule has 0 aliphatic rings. The van der Waals surface area contributed by atoms with E-state index < -0.39 is 0 Å². The van der Waals surface area contributed by atoms with Crippen LogP contribution < -0.4 is 10.6 Å². The molecule has 0 fully saturated rings. The molecule has 4 rings (SSSR count). The average Bonchev–Trinajstić information content (AvgIpc) is 3.47. The van der Waals surface area contributed by atoms with Crippen molar-refractivity contribution in [2.45, 2.75) is 13.5 Å². The van der Waals surface area contributed by atoms with E-state index in [1.54, 1.807) is 40.5 Å². The number of furan rings is 1. The van der Waals surface area contributed by atoms with Crippen LogP contribution in [0.2, 0.25) is 0 Å². The first-order chi connectivity index (χ1) is 14.1. The SMILES string of the molecule is CC(=O)NCc1ccc(-c2csc(NC(=O)c3ccc(-n4cccn4)cc3)n2)o1. The number of benzene rings is 1. The minimum absolute atomic E-state index is 0.126. The van der Waals surface area contributed by atoms with Crippen LogP contribution >= 0.6 is 11.3 Å². The lowest BCUT2D eigenvalue weighted by molar-refractivity contribution is -0.119. The van der Waals surface area contributed by atoms with Gasteiger partial charge in [0.05, 0.1) is 12.2 Å². The van der Waals surface area contributed by atoms with Gasteiger partial charge in [0.15, 0.2) is 10.9 Å². The Hall–Kier alpha value is -3.72. The van der Waals surface area contributed by atoms with Gasteiger partial charge in [-0.3, -0.25) is 14.9 Å². The maximum atomic E-state index is 12.5. The highest BCUT2D eigenvalue weighted by atomic mass is 32.1. The van der Waals surface area contributed by atoms with Crippen molar-refractivity contribution in [3.8, 4) is 17.1 Å². The summed E-state index contributed by atoms with van der Waals surface area (Å²) in [6.07, 6.45) is 3.53. The quantitative estimate of drug-likeness (QED) is 0.509. The zero-order valence-corrected chi connectivity index (χ0v) is 16.3. The van der Waals surface area contributed by atoms with E-state index >= 15 is 0 Å². The molecule has 4 aromatic rings. The maximum absolute atomic E-state index is 12.5. The number of amides is 2. The van der Waals surface area contributed by atoms with Crippen LogP contribution in [-0.2, 0) is 11.3 Å². The van der Waals surface area contributed by atoms with Gasteiger partial charge in [-0.05, 0) is 42.5 Å². The molecule has 29 heavy (non-hydrogen) atoms. The van der Waals surface area contributed by atoms with Crippen molar-refractivity contribution in [2.75, 3.05) is 5.32 Å². The Morgan fingerprint density at radius 2 is 2.00 bits per heavy atom. The van der Waals surface area contributed by atoms with Gasteiger partial charge in [0.2, 0.25) is 5.91 Å². The Labute approximate surface area is 170 Å². The Kier molecular flexibility index (Phi) is 5.21. The largest absolute Gasteiger partial charge is 0.458 e. The zero-order chi connectivity index (χ0) is 20.2. The van der Waals surface area contributed by atoms with E-state index in [0.29, 0.717) is 34.5 Å². The van der Waals surface area contributed by atoms with Crippen LogP contribution in [0.3, 0.4) is 0 Å². The molecule has 0 bridgehead atoms. The highest BCUT2D eigenvalue weighted by molar-refractivity contribution is 7.14. The van der Waals surface area contributed by atoms with E-state index in [9.17, 15) is 9.59 Å². The predicted molar refractivity (Wildman–Crippen MR) is 109 cm³/mol. The van der Waals surface area contributed by atoms with Crippen LogP contribution in [0.5, 0.6) is 0 Å². The van der Waals surface area contributed by atoms with Crippen molar-refractivity contribution in [2.24, 2.45) is 0 Å². The fourth-order valence-corrected chi connectivity index (χ4v) is 3.32. The summed E-state index contributed by atoms with van der Waals surface area (Å²) in [6.45, 7) is 1.77. The van der Waals surface area contributed by atoms with Gasteiger partial charge in [-0.15, -0.1) is 11.3 Å². The highest BCUT2D eigenvalue weighted by Gasteiger charge is 2.13. The number of thiazole rings is 1. The first-order valence-corrected chi connectivity index (χ1v) is 9.67. The van der Waals surface area contributed by atoms with Crippen molar-refractivity contribution in [1.29, 1.82) is 0 Å². The number of hydrogen-bond donors (Lipinski definition) is 2. The number of aromatic nitrogens is 3. The summed E-state index contributed by atoms with van der Waals surface area (Å²) >= 11 is 1.31. The van der Waals surface area contributed by atoms with Gasteiger partial charge in [-0.2, -0.15) is 5.10 Å². The van der Waals surface area contributed by atoms with E-state index in [4.69, 9.17) is 4.42 Å². The van der Waals surface area contributed by atoms with Crippen LogP contribution in [0.1, 0.15) is 23.0 Å². The van der Waals surface area contributed by atoms with Gasteiger partial charge in [0.25, 0.3) is 5.91 Å². The molecule has 0 atom stereocenters. The number of nitrogens with one attached hydrogen (secondary N) is 2. The topological polar surface area (TPSA) is 102 Å². The molecule has 0 aliphatic carbocycles. The molecular formula is C20H17N5O3S. The second-order valence-electron chi connectivity index (χ2n) is 6.17. The third-order valence-corrected chi connectivity index (χ3v) is 4.81. The fraction of sp³-hybridized carbons (Fsp3) is 0.100. The first-order valence-electron chi connectivity index (χ1n) is 8.79. The third-order valence-electron chi connectivity index (χ3n) is 4.05. The van der Waals surface area contributed by atoms with Crippen LogP contribution in [0, 0.1) is 0 Å². The number of carbonyl (C=O) groups excluding carboxylic acids is 2. The Bertz CT molecular complexity index is 1130. The Morgan fingerprint density at radius 1 is 1.17 bits per heavy atom. The number of rotatable bonds is 6. The summed E-state index contributed by atoms with van der Waals surface area (Å²) in [5, 5.41) is 11.9. The van der Waals surface area contributed by atoms with Crippen molar-refractivity contribution in [3.05, 3.63) is 71.6 Å². The zero-order valence-electron chi connectivity index (χ0n) is 15.5. The Morgan fingerprint density at radius 3 is 2.72 bits per heavy atom. The summed E-state index contributed by atoms with van der Waals surface area (Å²) in [5.74, 6) is 0.833. The summed E-state index contributed by atoms with van der Waals surface area (Å²) < 4.78 is 7.40. The lowest BCUT2D eigenvalue weighted by atomic mass is 10.2. The smallest absolute Gasteiger partial charge is 0.257 e. The summed E-state index contributed by atoms with van der Waals surface area (Å²) in [7, 11) is 0. The standard InChI is InChI=1S/C20H17N5O3S/c1-13(26)21-11-16-7-8-18(28-16)17-12-29-20(23-17)24-19(27)14-3-5-15(6-4-14)25-10-2-9-22-25/h2-10,12H,11H2,1H3,(H,21,26)(H,23,24,27). The monoisotopic (exact) mass is 407 g/mol. The number of carbonyl (C=O) groups is 2. The summed E-state index contributed by atoms with van der Waals surface area (Å²) in [4.78, 5) is 27.9. The van der Waals surface area contributed by atoms with Crippen molar-refractivity contribution < 1.29 is 14.0 Å². The third kappa shape index (κ3) is 4.41. The molecule has 2 amide bonds. The molecule has 0 saturated carbocycles. The van der Waals surface area contributed by atoms with Crippen LogP contribution in [-0.4, -0.2) is 26.6 Å². The van der Waals surface area contributed by atoms with Crippen LogP contribution in [0.15, 0.2) is 64.7 Å². The predicted octanol–water partition coefficient (Wildman–Crippen LogP) is 3.48. The molecule has 2 N–H and O–H groups in total. The van der Waals surface area contributed by atoms with Crippen LogP contribution in [0.4, 0.5) is 5.13 Å². The Balaban J connectivity index is 1.41. The lowest BCUT2D eigenvalue weighted by Crippen LogP contribution is -2.18. The lowest BCUT2D eigenvalue weighted by Gasteiger charge is -2.04. The maximum Gasteiger partial charge on any atom is 0.257 e. The van der Waals surface area contributed by atoms with Crippen molar-refractivity contribution >= 4 is 28.3 Å². The van der Waals surface area contributed by atoms with Crippen molar-refractivity contribution in [1.82, 2.24) is 20.1 Å². The van der Waals surface area contributed by atoms with Crippen LogP contribution in [0.25, 0.3) is 17.1 Å². The summed E-state index contributed by atoms with van der Waals surface area (Å²) in [6, 6.07) is 12.5. The van der Waals surface area contributed by atoms with Crippen molar-refractivity contribution in [3.63, 3.8) is 0 Å². The molecule has 0 spiro atoms. The van der Waals surface area contributed by atoms with E-state index in [1.165, 1.54) is 18.3 Å². The first kappa shape index (κ1) is 18.6. The van der Waals surface area contributed by atoms with E-state index in [2.05, 4.69) is 20.7 Å². The number of anilines is 1.